The van der Waals surface area contributed by atoms with E-state index in [1.54, 1.807) is 0 Å². The van der Waals surface area contributed by atoms with Gasteiger partial charge in [0.2, 0.25) is 5.91 Å². The number of hydrogen-bond donors (Lipinski definition) is 2. The fourth-order valence-electron chi connectivity index (χ4n) is 2.53. The van der Waals surface area contributed by atoms with Gasteiger partial charge in [-0.1, -0.05) is 12.8 Å². The molecule has 2 aliphatic rings. The molecule has 2 unspecified atom stereocenters. The van der Waals surface area contributed by atoms with Crippen LogP contribution in [0.15, 0.2) is 0 Å². The molecule has 4 nitrogen and oxygen atoms in total. The molecule has 0 heterocycles. The van der Waals surface area contributed by atoms with Crippen LogP contribution in [-0.4, -0.2) is 31.7 Å². The highest BCUT2D eigenvalue weighted by Crippen LogP contribution is 2.28. The van der Waals surface area contributed by atoms with Crippen LogP contribution in [0.25, 0.3) is 0 Å². The number of nitrogens with one attached hydrogen (secondary N) is 1. The van der Waals surface area contributed by atoms with E-state index in [4.69, 9.17) is 10.5 Å². The van der Waals surface area contributed by atoms with Gasteiger partial charge >= 0.3 is 0 Å². The van der Waals surface area contributed by atoms with Crippen molar-refractivity contribution in [2.45, 2.75) is 44.6 Å². The lowest BCUT2D eigenvalue weighted by Gasteiger charge is -2.31. The van der Waals surface area contributed by atoms with Crippen LogP contribution < -0.4 is 11.1 Å². The molecule has 1 amide bonds. The minimum Gasteiger partial charge on any atom is -0.371 e. The third-order valence-corrected chi connectivity index (χ3v) is 3.84. The average Bonchev–Trinajstić information content (AvgIpc) is 3.14. The number of hydrogen-bond acceptors (Lipinski definition) is 3. The Bertz CT molecular complexity index is 259. The Morgan fingerprint density at radius 1 is 1.22 bits per heavy atom. The van der Waals surface area contributed by atoms with E-state index in [-0.39, 0.29) is 31.0 Å². The summed E-state index contributed by atoms with van der Waals surface area (Å²) in [6.45, 7) is 1.64. The van der Waals surface area contributed by atoms with Gasteiger partial charge in [0, 0.05) is 6.04 Å². The van der Waals surface area contributed by atoms with Crippen molar-refractivity contribution in [2.75, 3.05) is 19.8 Å². The molecule has 0 spiro atoms. The molecular formula is C13H25ClN2O2. The Morgan fingerprint density at radius 2 is 1.94 bits per heavy atom. The number of ether oxygens (including phenoxy) is 1. The third-order valence-electron chi connectivity index (χ3n) is 3.84. The fourth-order valence-corrected chi connectivity index (χ4v) is 2.53. The van der Waals surface area contributed by atoms with Gasteiger partial charge in [0.05, 0.1) is 6.61 Å². The zero-order valence-electron chi connectivity index (χ0n) is 10.9. The van der Waals surface area contributed by atoms with Crippen molar-refractivity contribution in [1.82, 2.24) is 5.32 Å². The second-order valence-electron chi connectivity index (χ2n) is 5.41. The Hall–Kier alpha value is -0.320. The molecule has 2 rings (SSSR count). The molecule has 2 atom stereocenters. The number of carbonyl (C=O) groups excluding carboxylic acids is 1. The molecule has 0 bridgehead atoms. The molecule has 0 radical (unpaired) electrons. The minimum absolute atomic E-state index is 0. The normalized spacial score (nSPS) is 27.4. The van der Waals surface area contributed by atoms with Gasteiger partial charge in [-0.2, -0.15) is 0 Å². The summed E-state index contributed by atoms with van der Waals surface area (Å²) in [5, 5.41) is 3.07. The van der Waals surface area contributed by atoms with Crippen molar-refractivity contribution in [3.63, 3.8) is 0 Å². The fraction of sp³-hybridized carbons (Fsp3) is 0.923. The zero-order valence-corrected chi connectivity index (χ0v) is 11.7. The third kappa shape index (κ3) is 5.12. The van der Waals surface area contributed by atoms with E-state index in [9.17, 15) is 4.79 Å². The molecule has 18 heavy (non-hydrogen) atoms. The molecule has 0 aromatic rings. The predicted molar refractivity (Wildman–Crippen MR) is 73.7 cm³/mol. The Morgan fingerprint density at radius 3 is 2.61 bits per heavy atom. The van der Waals surface area contributed by atoms with Crippen molar-refractivity contribution in [1.29, 1.82) is 0 Å². The molecule has 2 fully saturated rings. The summed E-state index contributed by atoms with van der Waals surface area (Å²) in [5.41, 5.74) is 5.73. The maximum atomic E-state index is 11.7. The summed E-state index contributed by atoms with van der Waals surface area (Å²) < 4.78 is 5.39. The van der Waals surface area contributed by atoms with Crippen molar-refractivity contribution in [3.05, 3.63) is 0 Å². The lowest BCUT2D eigenvalue weighted by atomic mass is 9.84. The van der Waals surface area contributed by atoms with E-state index >= 15 is 0 Å². The predicted octanol–water partition coefficient (Wildman–Crippen LogP) is 1.47. The molecule has 2 aliphatic carbocycles. The summed E-state index contributed by atoms with van der Waals surface area (Å²) in [6, 6.07) is 0.269. The Labute approximate surface area is 115 Å². The standard InChI is InChI=1S/C13H24N2O2.ClH/c14-7-11-3-1-2-4-12(11)15-13(16)9-17-8-10-5-6-10;/h10-12H,1-9,14H2,(H,15,16);1H. The van der Waals surface area contributed by atoms with Gasteiger partial charge in [-0.15, -0.1) is 12.4 Å². The smallest absolute Gasteiger partial charge is 0.246 e. The van der Waals surface area contributed by atoms with E-state index in [2.05, 4.69) is 5.32 Å². The van der Waals surface area contributed by atoms with Crippen LogP contribution in [0.5, 0.6) is 0 Å². The molecular weight excluding hydrogens is 252 g/mol. The molecule has 2 saturated carbocycles. The highest BCUT2D eigenvalue weighted by Gasteiger charge is 2.26. The maximum Gasteiger partial charge on any atom is 0.246 e. The van der Waals surface area contributed by atoms with Gasteiger partial charge in [-0.05, 0) is 44.1 Å². The van der Waals surface area contributed by atoms with E-state index in [0.717, 1.165) is 19.4 Å². The molecule has 0 aliphatic heterocycles. The van der Waals surface area contributed by atoms with Crippen molar-refractivity contribution >= 4 is 18.3 Å². The van der Waals surface area contributed by atoms with Crippen molar-refractivity contribution < 1.29 is 9.53 Å². The van der Waals surface area contributed by atoms with E-state index in [1.807, 2.05) is 0 Å². The number of nitrogens with two attached hydrogens (primary N) is 1. The highest BCUT2D eigenvalue weighted by molar-refractivity contribution is 5.85. The molecule has 0 aromatic carbocycles. The van der Waals surface area contributed by atoms with Crippen LogP contribution in [0.4, 0.5) is 0 Å². The quantitative estimate of drug-likeness (QED) is 0.772. The maximum absolute atomic E-state index is 11.7. The summed E-state index contributed by atoms with van der Waals surface area (Å²) in [6.07, 6.45) is 7.18. The van der Waals surface area contributed by atoms with Crippen LogP contribution in [0, 0.1) is 11.8 Å². The van der Waals surface area contributed by atoms with Gasteiger partial charge in [-0.3, -0.25) is 4.79 Å². The van der Waals surface area contributed by atoms with Gasteiger partial charge in [0.1, 0.15) is 6.61 Å². The average molecular weight is 277 g/mol. The minimum atomic E-state index is 0. The van der Waals surface area contributed by atoms with Crippen LogP contribution in [0.3, 0.4) is 0 Å². The number of carbonyl (C=O) groups is 1. The Kier molecular flexibility index (Phi) is 6.97. The van der Waals surface area contributed by atoms with Crippen LogP contribution in [0.1, 0.15) is 38.5 Å². The molecule has 3 N–H and O–H groups in total. The van der Waals surface area contributed by atoms with Crippen LogP contribution in [-0.2, 0) is 9.53 Å². The van der Waals surface area contributed by atoms with Crippen molar-refractivity contribution in [2.24, 2.45) is 17.6 Å². The first kappa shape index (κ1) is 15.7. The van der Waals surface area contributed by atoms with Gasteiger partial charge in [0.25, 0.3) is 0 Å². The largest absolute Gasteiger partial charge is 0.371 e. The molecule has 0 aromatic heterocycles. The van der Waals surface area contributed by atoms with E-state index in [0.29, 0.717) is 18.4 Å². The highest BCUT2D eigenvalue weighted by atomic mass is 35.5. The monoisotopic (exact) mass is 276 g/mol. The number of halogens is 1. The first-order valence-corrected chi connectivity index (χ1v) is 6.86. The topological polar surface area (TPSA) is 64.3 Å². The molecule has 5 heteroatoms. The zero-order chi connectivity index (χ0) is 12.1. The van der Waals surface area contributed by atoms with E-state index in [1.165, 1.54) is 25.7 Å². The SMILES string of the molecule is Cl.NCC1CCCCC1NC(=O)COCC1CC1. The first-order valence-electron chi connectivity index (χ1n) is 6.86. The summed E-state index contributed by atoms with van der Waals surface area (Å²) >= 11 is 0. The number of rotatable bonds is 6. The van der Waals surface area contributed by atoms with Gasteiger partial charge in [0.15, 0.2) is 0 Å². The second kappa shape index (κ2) is 7.97. The second-order valence-corrected chi connectivity index (χ2v) is 5.41. The van der Waals surface area contributed by atoms with Gasteiger partial charge < -0.3 is 15.8 Å². The lowest BCUT2D eigenvalue weighted by Crippen LogP contribution is -2.45. The molecule has 106 valence electrons. The van der Waals surface area contributed by atoms with E-state index < -0.39 is 0 Å². The number of amides is 1. The summed E-state index contributed by atoms with van der Waals surface area (Å²) in [7, 11) is 0. The van der Waals surface area contributed by atoms with Crippen LogP contribution in [0.2, 0.25) is 0 Å². The Balaban J connectivity index is 0.00000162. The first-order chi connectivity index (χ1) is 8.29. The lowest BCUT2D eigenvalue weighted by molar-refractivity contribution is -0.127. The summed E-state index contributed by atoms with van der Waals surface area (Å²) in [4.78, 5) is 11.7. The van der Waals surface area contributed by atoms with Crippen LogP contribution >= 0.6 is 12.4 Å². The van der Waals surface area contributed by atoms with Crippen molar-refractivity contribution in [3.8, 4) is 0 Å². The van der Waals surface area contributed by atoms with Gasteiger partial charge in [-0.25, -0.2) is 0 Å². The molecule has 0 saturated heterocycles. The summed E-state index contributed by atoms with van der Waals surface area (Å²) in [5.74, 6) is 1.20.